The van der Waals surface area contributed by atoms with Gasteiger partial charge in [0.05, 0.1) is 25.4 Å². The zero-order chi connectivity index (χ0) is 27.8. The van der Waals surface area contributed by atoms with Gasteiger partial charge in [-0.25, -0.2) is 9.78 Å². The number of oxime groups is 1. The van der Waals surface area contributed by atoms with Crippen LogP contribution in [0.2, 0.25) is 0 Å². The van der Waals surface area contributed by atoms with Crippen molar-refractivity contribution in [3.63, 3.8) is 0 Å². The van der Waals surface area contributed by atoms with Gasteiger partial charge in [-0.2, -0.15) is 0 Å². The second-order valence-corrected chi connectivity index (χ2v) is 10.7. The van der Waals surface area contributed by atoms with E-state index in [2.05, 4.69) is 20.8 Å². The molecule has 1 unspecified atom stereocenters. The molecule has 2 aliphatic rings. The smallest absolute Gasteiger partial charge is 0.355 e. The van der Waals surface area contributed by atoms with Gasteiger partial charge < -0.3 is 29.7 Å². The minimum Gasteiger partial charge on any atom is -0.453 e. The third-order valence-corrected chi connectivity index (χ3v) is 7.13. The third kappa shape index (κ3) is 7.30. The Kier molecular flexibility index (Phi) is 10.6. The van der Waals surface area contributed by atoms with Crippen LogP contribution in [-0.4, -0.2) is 95.6 Å². The summed E-state index contributed by atoms with van der Waals surface area (Å²) < 4.78 is 16.8. The SMILES string of the molecule is CON=C(C(=O)NC1C(=O)N2C(C(=O)OC(COC(C)C)COC(C)C)=CCS[C@H]12)c1csc(NC=O)n1. The van der Waals surface area contributed by atoms with Crippen molar-refractivity contribution in [3.8, 4) is 0 Å². The molecule has 1 aromatic heterocycles. The number of aromatic nitrogens is 1. The second-order valence-electron chi connectivity index (χ2n) is 8.69. The van der Waals surface area contributed by atoms with Crippen LogP contribution in [-0.2, 0) is 38.2 Å². The maximum Gasteiger partial charge on any atom is 0.355 e. The molecule has 15 heteroatoms. The van der Waals surface area contributed by atoms with E-state index in [-0.39, 0.29) is 47.7 Å². The number of nitrogens with zero attached hydrogens (tertiary/aromatic N) is 3. The van der Waals surface area contributed by atoms with Gasteiger partial charge in [-0.3, -0.25) is 19.3 Å². The zero-order valence-electron chi connectivity index (χ0n) is 21.7. The Morgan fingerprint density at radius 2 is 1.92 bits per heavy atom. The van der Waals surface area contributed by atoms with Gasteiger partial charge in [0.1, 0.15) is 36.0 Å². The van der Waals surface area contributed by atoms with Crippen LogP contribution in [0.3, 0.4) is 0 Å². The summed E-state index contributed by atoms with van der Waals surface area (Å²) in [6, 6.07) is -0.901. The maximum atomic E-state index is 13.0. The molecule has 1 aromatic rings. The standard InChI is InChI=1S/C23H31N5O8S2/c1-12(2)34-8-14(9-35-13(3)4)36-22(32)16-6-7-37-21-18(20(31)28(16)21)26-19(30)17(27-33-5)15-10-38-23(25-15)24-11-29/h6,10-14,18,21H,7-9H2,1-5H3,(H,26,30)(H,24,25,29)/t18?,21-/m1/s1. The molecule has 2 N–H and O–H groups in total. The Bertz CT molecular complexity index is 1080. The van der Waals surface area contributed by atoms with Gasteiger partial charge in [0, 0.05) is 11.1 Å². The first-order chi connectivity index (χ1) is 18.2. The van der Waals surface area contributed by atoms with Crippen molar-refractivity contribution in [2.45, 2.75) is 57.4 Å². The Balaban J connectivity index is 1.66. The lowest BCUT2D eigenvalue weighted by Crippen LogP contribution is -2.70. The average Bonchev–Trinajstić information content (AvgIpc) is 3.34. The molecule has 208 valence electrons. The van der Waals surface area contributed by atoms with E-state index < -0.39 is 35.3 Å². The van der Waals surface area contributed by atoms with E-state index in [0.717, 1.165) is 11.3 Å². The maximum absolute atomic E-state index is 13.0. The topological polar surface area (TPSA) is 158 Å². The molecule has 1 saturated heterocycles. The van der Waals surface area contributed by atoms with E-state index in [9.17, 15) is 19.2 Å². The summed E-state index contributed by atoms with van der Waals surface area (Å²) in [5, 5.41) is 10.1. The second kappa shape index (κ2) is 13.7. The Morgan fingerprint density at radius 1 is 1.24 bits per heavy atom. The molecule has 3 rings (SSSR count). The predicted octanol–water partition coefficient (Wildman–Crippen LogP) is 1.11. The lowest BCUT2D eigenvalue weighted by Gasteiger charge is -2.48. The van der Waals surface area contributed by atoms with Crippen LogP contribution < -0.4 is 10.6 Å². The molecule has 2 atom stereocenters. The Morgan fingerprint density at radius 3 is 2.53 bits per heavy atom. The molecule has 0 aromatic carbocycles. The first-order valence-electron chi connectivity index (χ1n) is 11.8. The summed E-state index contributed by atoms with van der Waals surface area (Å²) in [5.41, 5.74) is 0.113. The van der Waals surface area contributed by atoms with Gasteiger partial charge in [0.15, 0.2) is 10.8 Å². The molecular weight excluding hydrogens is 538 g/mol. The number of carbonyl (C=O) groups is 4. The van der Waals surface area contributed by atoms with E-state index in [0.29, 0.717) is 12.2 Å². The summed E-state index contributed by atoms with van der Waals surface area (Å²) in [5.74, 6) is -1.39. The van der Waals surface area contributed by atoms with Crippen molar-refractivity contribution in [2.75, 3.05) is 31.4 Å². The number of fused-ring (bicyclic) bond motifs is 1. The summed E-state index contributed by atoms with van der Waals surface area (Å²) >= 11 is 2.49. The number of nitrogens with one attached hydrogen (secondary N) is 2. The molecule has 0 saturated carbocycles. The van der Waals surface area contributed by atoms with Gasteiger partial charge in [-0.15, -0.1) is 23.1 Å². The highest BCUT2D eigenvalue weighted by atomic mass is 32.2. The van der Waals surface area contributed by atoms with Crippen LogP contribution in [0.1, 0.15) is 33.4 Å². The highest BCUT2D eigenvalue weighted by Crippen LogP contribution is 2.38. The zero-order valence-corrected chi connectivity index (χ0v) is 23.3. The number of amides is 3. The minimum absolute atomic E-state index is 0.0602. The lowest BCUT2D eigenvalue weighted by atomic mass is 10.0. The molecule has 3 heterocycles. The van der Waals surface area contributed by atoms with Gasteiger partial charge in [-0.1, -0.05) is 5.16 Å². The average molecular weight is 570 g/mol. The Labute approximate surface area is 228 Å². The first kappa shape index (κ1) is 29.5. The summed E-state index contributed by atoms with van der Waals surface area (Å²) in [7, 11) is 1.27. The number of hydrogen-bond donors (Lipinski definition) is 2. The molecule has 2 aliphatic heterocycles. The molecule has 38 heavy (non-hydrogen) atoms. The lowest BCUT2D eigenvalue weighted by molar-refractivity contribution is -0.161. The number of rotatable bonds is 14. The molecule has 13 nitrogen and oxygen atoms in total. The van der Waals surface area contributed by atoms with Crippen LogP contribution >= 0.6 is 23.1 Å². The van der Waals surface area contributed by atoms with Gasteiger partial charge >= 0.3 is 5.97 Å². The number of thiazole rings is 1. The number of esters is 1. The number of β-lactam (4-membered cyclic amide) rings is 1. The fraction of sp³-hybridized carbons (Fsp3) is 0.565. The Hall–Kier alpha value is -3.01. The van der Waals surface area contributed by atoms with Crippen molar-refractivity contribution in [1.82, 2.24) is 15.2 Å². The fourth-order valence-corrected chi connectivity index (χ4v) is 5.31. The number of carbonyl (C=O) groups excluding carboxylic acids is 4. The summed E-state index contributed by atoms with van der Waals surface area (Å²) in [6.07, 6.45) is 1.31. The van der Waals surface area contributed by atoms with Crippen LogP contribution in [0.15, 0.2) is 22.3 Å². The predicted molar refractivity (Wildman–Crippen MR) is 141 cm³/mol. The fourth-order valence-electron chi connectivity index (χ4n) is 3.46. The van der Waals surface area contributed by atoms with E-state index in [1.807, 2.05) is 27.7 Å². The highest BCUT2D eigenvalue weighted by Gasteiger charge is 2.53. The molecule has 0 spiro atoms. The van der Waals surface area contributed by atoms with E-state index in [4.69, 9.17) is 19.0 Å². The van der Waals surface area contributed by atoms with E-state index >= 15 is 0 Å². The van der Waals surface area contributed by atoms with Gasteiger partial charge in [-0.05, 0) is 33.8 Å². The normalized spacial score (nSPS) is 19.2. The number of ether oxygens (including phenoxy) is 3. The van der Waals surface area contributed by atoms with Crippen molar-refractivity contribution < 1.29 is 38.2 Å². The quantitative estimate of drug-likeness (QED) is 0.109. The van der Waals surface area contributed by atoms with Gasteiger partial charge in [0.2, 0.25) is 6.41 Å². The molecule has 3 amide bonds. The van der Waals surface area contributed by atoms with Crippen LogP contribution in [0.4, 0.5) is 5.13 Å². The number of anilines is 1. The monoisotopic (exact) mass is 569 g/mol. The molecule has 0 aliphatic carbocycles. The first-order valence-corrected chi connectivity index (χ1v) is 13.8. The van der Waals surface area contributed by atoms with Crippen LogP contribution in [0, 0.1) is 0 Å². The van der Waals surface area contributed by atoms with E-state index in [1.165, 1.54) is 29.2 Å². The number of thioether (sulfide) groups is 1. The van der Waals surface area contributed by atoms with Crippen molar-refractivity contribution >= 4 is 58.1 Å². The van der Waals surface area contributed by atoms with Crippen molar-refractivity contribution in [2.24, 2.45) is 5.16 Å². The molecule has 0 bridgehead atoms. The number of hydrogen-bond acceptors (Lipinski definition) is 12. The van der Waals surface area contributed by atoms with Crippen LogP contribution in [0.5, 0.6) is 0 Å². The van der Waals surface area contributed by atoms with Crippen molar-refractivity contribution in [3.05, 3.63) is 22.8 Å². The summed E-state index contributed by atoms with van der Waals surface area (Å²) in [6.45, 7) is 7.79. The molecule has 0 radical (unpaired) electrons. The molecule has 1 fully saturated rings. The summed E-state index contributed by atoms with van der Waals surface area (Å²) in [4.78, 5) is 59.9. The van der Waals surface area contributed by atoms with E-state index in [1.54, 1.807) is 6.08 Å². The van der Waals surface area contributed by atoms with Gasteiger partial charge in [0.25, 0.3) is 11.8 Å². The van der Waals surface area contributed by atoms with Crippen LogP contribution in [0.25, 0.3) is 0 Å². The van der Waals surface area contributed by atoms with Crippen molar-refractivity contribution in [1.29, 1.82) is 0 Å². The highest BCUT2D eigenvalue weighted by molar-refractivity contribution is 8.00. The largest absolute Gasteiger partial charge is 0.453 e. The third-order valence-electron chi connectivity index (χ3n) is 5.17. The minimum atomic E-state index is -0.901. The molecular formula is C23H31N5O8S2.